The van der Waals surface area contributed by atoms with Gasteiger partial charge >= 0.3 is 5.97 Å². The number of methoxy groups -OCH3 is 1. The number of likely N-dealkylation sites (tertiary alicyclic amines) is 1. The smallest absolute Gasteiger partial charge is 0.323 e. The Morgan fingerprint density at radius 1 is 1.53 bits per heavy atom. The lowest BCUT2D eigenvalue weighted by atomic mass is 10.0. The molecule has 1 saturated heterocycles. The first-order valence-corrected chi connectivity index (χ1v) is 6.03. The van der Waals surface area contributed by atoms with Crippen LogP contribution in [-0.4, -0.2) is 37.1 Å². The molecular weight excluding hydrogens is 190 g/mol. The fraction of sp³-hybridized carbons (Fsp3) is 0.917. The lowest BCUT2D eigenvalue weighted by Crippen LogP contribution is -2.37. The summed E-state index contributed by atoms with van der Waals surface area (Å²) in [6.45, 7) is 4.36. The molecule has 2 fully saturated rings. The van der Waals surface area contributed by atoms with Crippen molar-refractivity contribution in [1.29, 1.82) is 0 Å². The highest BCUT2D eigenvalue weighted by molar-refractivity contribution is 5.76. The third-order valence-corrected chi connectivity index (χ3v) is 3.83. The van der Waals surface area contributed by atoms with Crippen LogP contribution < -0.4 is 0 Å². The van der Waals surface area contributed by atoms with Gasteiger partial charge in [-0.2, -0.15) is 0 Å². The van der Waals surface area contributed by atoms with Gasteiger partial charge in [0, 0.05) is 6.54 Å². The molecule has 0 N–H and O–H groups in total. The van der Waals surface area contributed by atoms with Gasteiger partial charge in [0.25, 0.3) is 0 Å². The quantitative estimate of drug-likeness (QED) is 0.664. The molecule has 1 spiro atoms. The standard InChI is InChI=1S/C12H21NO2/c1-3-4-7-13-9-12(5-6-12)8-10(13)11(14)15-2/h10H,3-9H2,1-2H3/t10-/m0/s1. The molecular formula is C12H21NO2. The molecule has 1 aliphatic heterocycles. The highest BCUT2D eigenvalue weighted by atomic mass is 16.5. The first kappa shape index (κ1) is 10.9. The van der Waals surface area contributed by atoms with Gasteiger partial charge in [0.15, 0.2) is 0 Å². The number of unbranched alkanes of at least 4 members (excludes halogenated alkanes) is 1. The van der Waals surface area contributed by atoms with E-state index in [2.05, 4.69) is 11.8 Å². The lowest BCUT2D eigenvalue weighted by molar-refractivity contribution is -0.145. The molecule has 3 nitrogen and oxygen atoms in total. The maximum Gasteiger partial charge on any atom is 0.323 e. The third-order valence-electron chi connectivity index (χ3n) is 3.83. The number of esters is 1. The number of nitrogens with zero attached hydrogens (tertiary/aromatic N) is 1. The van der Waals surface area contributed by atoms with E-state index in [1.807, 2.05) is 0 Å². The van der Waals surface area contributed by atoms with Crippen LogP contribution in [0.4, 0.5) is 0 Å². The normalized spacial score (nSPS) is 28.3. The molecule has 0 unspecified atom stereocenters. The minimum absolute atomic E-state index is 0.0325. The van der Waals surface area contributed by atoms with Gasteiger partial charge in [-0.1, -0.05) is 13.3 Å². The van der Waals surface area contributed by atoms with Gasteiger partial charge in [-0.05, 0) is 37.6 Å². The molecule has 1 aliphatic carbocycles. The van der Waals surface area contributed by atoms with Crippen molar-refractivity contribution in [2.75, 3.05) is 20.2 Å². The molecule has 86 valence electrons. The zero-order valence-electron chi connectivity index (χ0n) is 9.79. The Morgan fingerprint density at radius 2 is 2.27 bits per heavy atom. The molecule has 2 aliphatic rings. The summed E-state index contributed by atoms with van der Waals surface area (Å²) < 4.78 is 4.88. The summed E-state index contributed by atoms with van der Waals surface area (Å²) in [7, 11) is 1.50. The van der Waals surface area contributed by atoms with E-state index in [1.165, 1.54) is 32.8 Å². The fourth-order valence-electron chi connectivity index (χ4n) is 2.65. The lowest BCUT2D eigenvalue weighted by Gasteiger charge is -2.21. The molecule has 0 radical (unpaired) electrons. The minimum Gasteiger partial charge on any atom is -0.468 e. The summed E-state index contributed by atoms with van der Waals surface area (Å²) in [5.41, 5.74) is 0.493. The molecule has 0 aromatic heterocycles. The van der Waals surface area contributed by atoms with Crippen LogP contribution in [0.25, 0.3) is 0 Å². The van der Waals surface area contributed by atoms with Gasteiger partial charge < -0.3 is 4.74 Å². The highest BCUT2D eigenvalue weighted by Gasteiger charge is 2.53. The number of carbonyl (C=O) groups excluding carboxylic acids is 1. The van der Waals surface area contributed by atoms with Crippen LogP contribution in [-0.2, 0) is 9.53 Å². The van der Waals surface area contributed by atoms with Crippen LogP contribution in [0.1, 0.15) is 39.0 Å². The largest absolute Gasteiger partial charge is 0.468 e. The van der Waals surface area contributed by atoms with Crippen LogP contribution in [0.5, 0.6) is 0 Å². The van der Waals surface area contributed by atoms with E-state index >= 15 is 0 Å². The van der Waals surface area contributed by atoms with Gasteiger partial charge in [-0.15, -0.1) is 0 Å². The van der Waals surface area contributed by atoms with Crippen molar-refractivity contribution in [1.82, 2.24) is 4.90 Å². The summed E-state index contributed by atoms with van der Waals surface area (Å²) in [6.07, 6.45) is 6.02. The van der Waals surface area contributed by atoms with Gasteiger partial charge in [-0.3, -0.25) is 9.69 Å². The summed E-state index contributed by atoms with van der Waals surface area (Å²) in [4.78, 5) is 14.0. The maximum absolute atomic E-state index is 11.6. The van der Waals surface area contributed by atoms with E-state index in [0.717, 1.165) is 19.5 Å². The molecule has 15 heavy (non-hydrogen) atoms. The van der Waals surface area contributed by atoms with Gasteiger partial charge in [0.05, 0.1) is 7.11 Å². The number of carbonyl (C=O) groups is 1. The van der Waals surface area contributed by atoms with E-state index in [0.29, 0.717) is 5.41 Å². The zero-order chi connectivity index (χ0) is 10.9. The van der Waals surface area contributed by atoms with Crippen molar-refractivity contribution >= 4 is 5.97 Å². The monoisotopic (exact) mass is 211 g/mol. The topological polar surface area (TPSA) is 29.5 Å². The van der Waals surface area contributed by atoms with Crippen LogP contribution in [0.2, 0.25) is 0 Å². The predicted molar refractivity (Wildman–Crippen MR) is 58.6 cm³/mol. The summed E-state index contributed by atoms with van der Waals surface area (Å²) in [6, 6.07) is 0.0454. The Morgan fingerprint density at radius 3 is 2.80 bits per heavy atom. The molecule has 0 amide bonds. The van der Waals surface area contributed by atoms with Crippen molar-refractivity contribution in [2.45, 2.75) is 45.1 Å². The zero-order valence-corrected chi connectivity index (χ0v) is 9.79. The Kier molecular flexibility index (Phi) is 3.01. The second-order valence-corrected chi connectivity index (χ2v) is 5.07. The van der Waals surface area contributed by atoms with E-state index < -0.39 is 0 Å². The van der Waals surface area contributed by atoms with Gasteiger partial charge in [0.2, 0.25) is 0 Å². The van der Waals surface area contributed by atoms with E-state index in [4.69, 9.17) is 4.74 Å². The van der Waals surface area contributed by atoms with Crippen molar-refractivity contribution in [2.24, 2.45) is 5.41 Å². The molecule has 0 bridgehead atoms. The molecule has 1 saturated carbocycles. The fourth-order valence-corrected chi connectivity index (χ4v) is 2.65. The Labute approximate surface area is 91.8 Å². The van der Waals surface area contributed by atoms with Crippen LogP contribution in [0.15, 0.2) is 0 Å². The number of hydrogen-bond donors (Lipinski definition) is 0. The predicted octanol–water partition coefficient (Wildman–Crippen LogP) is 1.81. The number of hydrogen-bond acceptors (Lipinski definition) is 3. The molecule has 1 atom stereocenters. The van der Waals surface area contributed by atoms with Crippen molar-refractivity contribution in [3.8, 4) is 0 Å². The Bertz CT molecular complexity index is 248. The first-order chi connectivity index (χ1) is 7.21. The average Bonchev–Trinajstić information content (AvgIpc) is 2.88. The van der Waals surface area contributed by atoms with E-state index in [1.54, 1.807) is 0 Å². The minimum atomic E-state index is -0.0325. The van der Waals surface area contributed by atoms with Gasteiger partial charge in [-0.25, -0.2) is 0 Å². The Balaban J connectivity index is 1.96. The number of ether oxygens (including phenoxy) is 1. The number of rotatable bonds is 4. The van der Waals surface area contributed by atoms with Crippen molar-refractivity contribution < 1.29 is 9.53 Å². The molecule has 1 heterocycles. The van der Waals surface area contributed by atoms with E-state index in [9.17, 15) is 4.79 Å². The molecule has 3 heteroatoms. The second-order valence-electron chi connectivity index (χ2n) is 5.07. The third kappa shape index (κ3) is 2.17. The second kappa shape index (κ2) is 4.12. The Hall–Kier alpha value is -0.570. The molecule has 2 rings (SSSR count). The summed E-state index contributed by atoms with van der Waals surface area (Å²) in [5, 5.41) is 0. The summed E-state index contributed by atoms with van der Waals surface area (Å²) >= 11 is 0. The first-order valence-electron chi connectivity index (χ1n) is 6.03. The van der Waals surface area contributed by atoms with Crippen LogP contribution in [0.3, 0.4) is 0 Å². The van der Waals surface area contributed by atoms with Crippen LogP contribution in [0, 0.1) is 5.41 Å². The van der Waals surface area contributed by atoms with E-state index in [-0.39, 0.29) is 12.0 Å². The molecule has 0 aromatic carbocycles. The summed E-state index contributed by atoms with van der Waals surface area (Å²) in [5.74, 6) is -0.0325. The van der Waals surface area contributed by atoms with Crippen molar-refractivity contribution in [3.05, 3.63) is 0 Å². The van der Waals surface area contributed by atoms with Gasteiger partial charge in [0.1, 0.15) is 6.04 Å². The average molecular weight is 211 g/mol. The van der Waals surface area contributed by atoms with Crippen LogP contribution >= 0.6 is 0 Å². The SMILES string of the molecule is CCCCN1CC2(CC2)C[C@H]1C(=O)OC. The van der Waals surface area contributed by atoms with Crippen molar-refractivity contribution in [3.63, 3.8) is 0 Å². The molecule has 0 aromatic rings. The maximum atomic E-state index is 11.6. The highest BCUT2D eigenvalue weighted by Crippen LogP contribution is 2.54.